The number of nitrogens with one attached hydrogen (secondary N) is 2. The summed E-state index contributed by atoms with van der Waals surface area (Å²) in [7, 11) is 0. The van der Waals surface area contributed by atoms with Crippen molar-refractivity contribution in [1.82, 2.24) is 15.2 Å². The van der Waals surface area contributed by atoms with Crippen molar-refractivity contribution in [3.05, 3.63) is 62.8 Å². The van der Waals surface area contributed by atoms with Gasteiger partial charge in [0.25, 0.3) is 11.8 Å². The summed E-state index contributed by atoms with van der Waals surface area (Å²) in [6, 6.07) is 0.549. The molecule has 30 heavy (non-hydrogen) atoms. The van der Waals surface area contributed by atoms with Crippen LogP contribution in [0.1, 0.15) is 58.1 Å². The maximum Gasteiger partial charge on any atom is 0.272 e. The second-order valence-corrected chi connectivity index (χ2v) is 7.44. The van der Waals surface area contributed by atoms with Crippen LogP contribution in [0, 0.1) is 17.5 Å². The fraction of sp³-hybridized carbons (Fsp3) is 0.350. The molecule has 1 aromatic carbocycles. The van der Waals surface area contributed by atoms with Gasteiger partial charge in [0.15, 0.2) is 11.4 Å². The molecule has 2 aromatic rings. The van der Waals surface area contributed by atoms with Gasteiger partial charge >= 0.3 is 0 Å². The van der Waals surface area contributed by atoms with Gasteiger partial charge < -0.3 is 20.3 Å². The summed E-state index contributed by atoms with van der Waals surface area (Å²) < 4.78 is 42.0. The quantitative estimate of drug-likeness (QED) is 0.707. The Hall–Kier alpha value is -3.30. The average molecular weight is 421 g/mol. The lowest BCUT2D eigenvalue weighted by molar-refractivity contribution is 0.0838. The van der Waals surface area contributed by atoms with Crippen LogP contribution in [0.2, 0.25) is 0 Å². The average Bonchev–Trinajstić information content (AvgIpc) is 2.69. The molecular formula is C20H18F3N3O4. The van der Waals surface area contributed by atoms with Crippen molar-refractivity contribution in [3.8, 4) is 5.75 Å². The number of rotatable bonds is 3. The summed E-state index contributed by atoms with van der Waals surface area (Å²) in [5.74, 6) is -5.90. The Kier molecular flexibility index (Phi) is 5.00. The molecule has 10 heteroatoms. The highest BCUT2D eigenvalue weighted by molar-refractivity contribution is 5.99. The number of pyridine rings is 1. The van der Waals surface area contributed by atoms with E-state index in [1.807, 2.05) is 0 Å². The van der Waals surface area contributed by atoms with Crippen LogP contribution < -0.4 is 16.1 Å². The molecule has 2 aliphatic rings. The van der Waals surface area contributed by atoms with E-state index in [2.05, 4.69) is 10.6 Å². The Labute approximate surface area is 168 Å². The molecule has 4 rings (SSSR count). The summed E-state index contributed by atoms with van der Waals surface area (Å²) >= 11 is 0. The number of aromatic hydroxyl groups is 1. The number of hydrogen-bond acceptors (Lipinski definition) is 4. The van der Waals surface area contributed by atoms with E-state index in [0.717, 1.165) is 19.3 Å². The van der Waals surface area contributed by atoms with E-state index in [-0.39, 0.29) is 17.8 Å². The van der Waals surface area contributed by atoms with Gasteiger partial charge in [-0.3, -0.25) is 14.4 Å². The lowest BCUT2D eigenvalue weighted by atomic mass is 9.87. The maximum atomic E-state index is 13.8. The highest BCUT2D eigenvalue weighted by Gasteiger charge is 2.37. The SMILES string of the molecule is O=C(NCc1c(F)cc(F)cc1F)c1cn2c(c(O)c1=O)C(=O)N[C@@H]1CCCCC12. The molecule has 7 nitrogen and oxygen atoms in total. The van der Waals surface area contributed by atoms with E-state index < -0.39 is 58.1 Å². The Balaban J connectivity index is 1.67. The van der Waals surface area contributed by atoms with Crippen LogP contribution in [0.4, 0.5) is 13.2 Å². The van der Waals surface area contributed by atoms with Crippen LogP contribution in [-0.2, 0) is 6.54 Å². The molecular weight excluding hydrogens is 403 g/mol. The van der Waals surface area contributed by atoms with Crippen LogP contribution in [0.3, 0.4) is 0 Å². The Morgan fingerprint density at radius 2 is 1.83 bits per heavy atom. The maximum absolute atomic E-state index is 13.8. The first-order chi connectivity index (χ1) is 14.3. The van der Waals surface area contributed by atoms with Gasteiger partial charge in [0, 0.05) is 36.5 Å². The summed E-state index contributed by atoms with van der Waals surface area (Å²) in [5, 5.41) is 15.3. The first-order valence-corrected chi connectivity index (χ1v) is 9.48. The number of halogens is 3. The van der Waals surface area contributed by atoms with Crippen molar-refractivity contribution in [1.29, 1.82) is 0 Å². The zero-order valence-electron chi connectivity index (χ0n) is 15.7. The standard InChI is InChI=1S/C20H18F3N3O4/c21-9-5-12(22)10(13(23)6-9)7-24-19(29)11-8-26-15-4-2-1-3-14(15)25-20(30)16(26)18(28)17(11)27/h5-6,8,14-15,28H,1-4,7H2,(H,24,29)(H,25,30)/t14-,15?/m1/s1. The third-order valence-electron chi connectivity index (χ3n) is 5.60. The first kappa shape index (κ1) is 20.0. The fourth-order valence-corrected chi connectivity index (χ4v) is 4.12. The topological polar surface area (TPSA) is 100 Å². The fourth-order valence-electron chi connectivity index (χ4n) is 4.12. The van der Waals surface area contributed by atoms with Crippen molar-refractivity contribution in [3.63, 3.8) is 0 Å². The van der Waals surface area contributed by atoms with Crippen LogP contribution in [0.25, 0.3) is 0 Å². The smallest absolute Gasteiger partial charge is 0.272 e. The van der Waals surface area contributed by atoms with Gasteiger partial charge in [0.1, 0.15) is 23.0 Å². The molecule has 1 saturated carbocycles. The number of carbonyl (C=O) groups excluding carboxylic acids is 2. The van der Waals surface area contributed by atoms with Gasteiger partial charge in [-0.15, -0.1) is 0 Å². The molecule has 0 radical (unpaired) electrons. The highest BCUT2D eigenvalue weighted by atomic mass is 19.1. The van der Waals surface area contributed by atoms with E-state index in [1.165, 1.54) is 10.8 Å². The molecule has 1 aliphatic heterocycles. The van der Waals surface area contributed by atoms with Crippen LogP contribution in [-0.4, -0.2) is 27.5 Å². The summed E-state index contributed by atoms with van der Waals surface area (Å²) in [5.41, 5.74) is -2.31. The van der Waals surface area contributed by atoms with Gasteiger partial charge in [-0.2, -0.15) is 0 Å². The number of amides is 2. The number of benzene rings is 1. The normalized spacial score (nSPS) is 20.2. The van der Waals surface area contributed by atoms with Crippen molar-refractivity contribution < 1.29 is 27.9 Å². The van der Waals surface area contributed by atoms with Crippen molar-refractivity contribution in [2.24, 2.45) is 0 Å². The molecule has 0 saturated heterocycles. The molecule has 1 fully saturated rings. The number of fused-ring (bicyclic) bond motifs is 3. The monoisotopic (exact) mass is 421 g/mol. The molecule has 1 unspecified atom stereocenters. The van der Waals surface area contributed by atoms with Crippen LogP contribution >= 0.6 is 0 Å². The molecule has 0 bridgehead atoms. The molecule has 3 N–H and O–H groups in total. The second-order valence-electron chi connectivity index (χ2n) is 7.44. The predicted octanol–water partition coefficient (Wildman–Crippen LogP) is 2.13. The van der Waals surface area contributed by atoms with Gasteiger partial charge in [0.2, 0.25) is 5.43 Å². The minimum absolute atomic E-state index is 0.182. The van der Waals surface area contributed by atoms with E-state index in [1.54, 1.807) is 0 Å². The summed E-state index contributed by atoms with van der Waals surface area (Å²) in [4.78, 5) is 37.4. The first-order valence-electron chi connectivity index (χ1n) is 9.48. The Morgan fingerprint density at radius 1 is 1.17 bits per heavy atom. The lowest BCUT2D eigenvalue weighted by Gasteiger charge is -2.39. The molecule has 2 amide bonds. The zero-order chi connectivity index (χ0) is 21.6. The second kappa shape index (κ2) is 7.51. The largest absolute Gasteiger partial charge is 0.503 e. The molecule has 158 valence electrons. The summed E-state index contributed by atoms with van der Waals surface area (Å²) in [6.07, 6.45) is 4.42. The molecule has 1 aromatic heterocycles. The van der Waals surface area contributed by atoms with Crippen molar-refractivity contribution in [2.45, 2.75) is 44.3 Å². The van der Waals surface area contributed by atoms with Crippen LogP contribution in [0.5, 0.6) is 5.75 Å². The molecule has 2 atom stereocenters. The minimum Gasteiger partial charge on any atom is -0.503 e. The predicted molar refractivity (Wildman–Crippen MR) is 98.6 cm³/mol. The van der Waals surface area contributed by atoms with Gasteiger partial charge in [-0.05, 0) is 12.8 Å². The van der Waals surface area contributed by atoms with E-state index in [0.29, 0.717) is 18.6 Å². The third kappa shape index (κ3) is 3.31. The zero-order valence-corrected chi connectivity index (χ0v) is 15.7. The van der Waals surface area contributed by atoms with Crippen LogP contribution in [0.15, 0.2) is 23.1 Å². The lowest BCUT2D eigenvalue weighted by Crippen LogP contribution is -2.50. The number of nitrogens with zero attached hydrogens (tertiary/aromatic N) is 1. The third-order valence-corrected chi connectivity index (χ3v) is 5.60. The van der Waals surface area contributed by atoms with Gasteiger partial charge in [0.05, 0.1) is 6.04 Å². The van der Waals surface area contributed by atoms with Crippen molar-refractivity contribution in [2.75, 3.05) is 0 Å². The Bertz CT molecular complexity index is 1090. The van der Waals surface area contributed by atoms with Crippen molar-refractivity contribution >= 4 is 11.8 Å². The summed E-state index contributed by atoms with van der Waals surface area (Å²) in [6.45, 7) is -0.634. The molecule has 1 aliphatic carbocycles. The molecule has 2 heterocycles. The number of aromatic nitrogens is 1. The van der Waals surface area contributed by atoms with E-state index in [9.17, 15) is 32.7 Å². The van der Waals surface area contributed by atoms with Gasteiger partial charge in [-0.25, -0.2) is 13.2 Å². The van der Waals surface area contributed by atoms with E-state index >= 15 is 0 Å². The highest BCUT2D eigenvalue weighted by Crippen LogP contribution is 2.34. The Morgan fingerprint density at radius 3 is 2.53 bits per heavy atom. The number of hydrogen-bond donors (Lipinski definition) is 3. The minimum atomic E-state index is -1.18. The molecule has 0 spiro atoms. The van der Waals surface area contributed by atoms with Gasteiger partial charge in [-0.1, -0.05) is 12.8 Å². The van der Waals surface area contributed by atoms with E-state index in [4.69, 9.17) is 0 Å². The number of carbonyl (C=O) groups is 2.